The van der Waals surface area contributed by atoms with Crippen molar-refractivity contribution < 1.29 is 4.79 Å². The van der Waals surface area contributed by atoms with Gasteiger partial charge in [0.1, 0.15) is 0 Å². The van der Waals surface area contributed by atoms with E-state index in [9.17, 15) is 4.79 Å². The zero-order valence-electron chi connectivity index (χ0n) is 13.1. The van der Waals surface area contributed by atoms with Gasteiger partial charge in [0.05, 0.1) is 12.6 Å². The fourth-order valence-electron chi connectivity index (χ4n) is 2.27. The molecule has 0 saturated heterocycles. The molecule has 2 atom stereocenters. The maximum atomic E-state index is 12.1. The van der Waals surface area contributed by atoms with Crippen molar-refractivity contribution in [2.75, 3.05) is 6.54 Å². The average Bonchev–Trinajstić information content (AvgIpc) is 2.53. The SMILES string of the molecule is C[C@H](NC(=O)CN[C@H](C)c1ccc(Cl)cc1)c1cccc(Cl)c1. The van der Waals surface area contributed by atoms with Crippen LogP contribution in [0, 0.1) is 0 Å². The molecule has 0 radical (unpaired) electrons. The van der Waals surface area contributed by atoms with Gasteiger partial charge in [-0.25, -0.2) is 0 Å². The molecule has 0 fully saturated rings. The van der Waals surface area contributed by atoms with Crippen LogP contribution in [0.4, 0.5) is 0 Å². The van der Waals surface area contributed by atoms with Crippen LogP contribution >= 0.6 is 23.2 Å². The van der Waals surface area contributed by atoms with Gasteiger partial charge in [0, 0.05) is 16.1 Å². The lowest BCUT2D eigenvalue weighted by molar-refractivity contribution is -0.121. The van der Waals surface area contributed by atoms with E-state index in [2.05, 4.69) is 10.6 Å². The molecule has 0 aromatic heterocycles. The van der Waals surface area contributed by atoms with Crippen molar-refractivity contribution in [1.82, 2.24) is 10.6 Å². The highest BCUT2D eigenvalue weighted by Crippen LogP contribution is 2.18. The maximum Gasteiger partial charge on any atom is 0.234 e. The standard InChI is InChI=1S/C18H20Cl2N2O/c1-12(14-6-8-16(19)9-7-14)21-11-18(23)22-13(2)15-4-3-5-17(20)10-15/h3-10,12-13,21H,11H2,1-2H3,(H,22,23)/t12-,13+/m1/s1. The van der Waals surface area contributed by atoms with Gasteiger partial charge in [-0.3, -0.25) is 4.79 Å². The highest BCUT2D eigenvalue weighted by atomic mass is 35.5. The lowest BCUT2D eigenvalue weighted by Crippen LogP contribution is -2.36. The van der Waals surface area contributed by atoms with E-state index in [4.69, 9.17) is 23.2 Å². The normalized spacial score (nSPS) is 13.4. The van der Waals surface area contributed by atoms with Crippen LogP contribution in [-0.4, -0.2) is 12.5 Å². The Labute approximate surface area is 147 Å². The summed E-state index contributed by atoms with van der Waals surface area (Å²) >= 11 is 11.8. The molecule has 0 saturated carbocycles. The minimum absolute atomic E-state index is 0.0571. The van der Waals surface area contributed by atoms with Crippen molar-refractivity contribution in [2.24, 2.45) is 0 Å². The van der Waals surface area contributed by atoms with E-state index in [-0.39, 0.29) is 24.5 Å². The van der Waals surface area contributed by atoms with Gasteiger partial charge in [-0.2, -0.15) is 0 Å². The van der Waals surface area contributed by atoms with Gasteiger partial charge < -0.3 is 10.6 Å². The molecule has 0 aliphatic rings. The number of amides is 1. The van der Waals surface area contributed by atoms with Crippen molar-refractivity contribution in [3.05, 3.63) is 69.7 Å². The molecule has 0 bridgehead atoms. The minimum Gasteiger partial charge on any atom is -0.348 e. The molecule has 2 aromatic carbocycles. The van der Waals surface area contributed by atoms with Gasteiger partial charge in [-0.05, 0) is 49.2 Å². The summed E-state index contributed by atoms with van der Waals surface area (Å²) in [6.07, 6.45) is 0. The fraction of sp³-hybridized carbons (Fsp3) is 0.278. The summed E-state index contributed by atoms with van der Waals surface area (Å²) in [5, 5.41) is 7.53. The summed E-state index contributed by atoms with van der Waals surface area (Å²) in [6, 6.07) is 15.1. The summed E-state index contributed by atoms with van der Waals surface area (Å²) in [5.74, 6) is -0.0571. The van der Waals surface area contributed by atoms with Crippen molar-refractivity contribution in [1.29, 1.82) is 0 Å². The second kappa shape index (κ2) is 8.34. The van der Waals surface area contributed by atoms with E-state index in [1.54, 1.807) is 0 Å². The minimum atomic E-state index is -0.0890. The topological polar surface area (TPSA) is 41.1 Å². The number of hydrogen-bond donors (Lipinski definition) is 2. The molecule has 0 spiro atoms. The molecule has 2 rings (SSSR count). The van der Waals surface area contributed by atoms with E-state index < -0.39 is 0 Å². The summed E-state index contributed by atoms with van der Waals surface area (Å²) in [6.45, 7) is 4.19. The van der Waals surface area contributed by atoms with E-state index in [0.717, 1.165) is 11.1 Å². The molecule has 23 heavy (non-hydrogen) atoms. The monoisotopic (exact) mass is 350 g/mol. The number of nitrogens with one attached hydrogen (secondary N) is 2. The Morgan fingerprint density at radius 2 is 1.65 bits per heavy atom. The van der Waals surface area contributed by atoms with E-state index in [0.29, 0.717) is 10.0 Å². The number of halogens is 2. The average molecular weight is 351 g/mol. The molecule has 5 heteroatoms. The Morgan fingerprint density at radius 1 is 0.957 bits per heavy atom. The van der Waals surface area contributed by atoms with Crippen molar-refractivity contribution >= 4 is 29.1 Å². The summed E-state index contributed by atoms with van der Waals surface area (Å²) < 4.78 is 0. The number of rotatable bonds is 6. The van der Waals surface area contributed by atoms with Crippen molar-refractivity contribution in [2.45, 2.75) is 25.9 Å². The van der Waals surface area contributed by atoms with Crippen LogP contribution in [0.15, 0.2) is 48.5 Å². The number of carbonyl (C=O) groups is 1. The maximum absolute atomic E-state index is 12.1. The van der Waals surface area contributed by atoms with Gasteiger partial charge in [-0.15, -0.1) is 0 Å². The Bertz CT molecular complexity index is 658. The van der Waals surface area contributed by atoms with E-state index in [1.807, 2.05) is 62.4 Å². The third kappa shape index (κ3) is 5.54. The first-order chi connectivity index (χ1) is 11.0. The lowest BCUT2D eigenvalue weighted by atomic mass is 10.1. The van der Waals surface area contributed by atoms with E-state index in [1.165, 1.54) is 0 Å². The highest BCUT2D eigenvalue weighted by Gasteiger charge is 2.11. The molecular weight excluding hydrogens is 331 g/mol. The second-order valence-corrected chi connectivity index (χ2v) is 6.37. The molecule has 0 aliphatic heterocycles. The summed E-state index contributed by atoms with van der Waals surface area (Å²) in [7, 11) is 0. The largest absolute Gasteiger partial charge is 0.348 e. The molecule has 0 unspecified atom stereocenters. The summed E-state index contributed by atoms with van der Waals surface area (Å²) in [5.41, 5.74) is 2.07. The van der Waals surface area contributed by atoms with Crippen molar-refractivity contribution in [3.8, 4) is 0 Å². The van der Waals surface area contributed by atoms with Crippen LogP contribution in [0.2, 0.25) is 10.0 Å². The smallest absolute Gasteiger partial charge is 0.234 e. The van der Waals surface area contributed by atoms with Crippen LogP contribution in [-0.2, 0) is 4.79 Å². The molecule has 2 N–H and O–H groups in total. The predicted molar refractivity (Wildman–Crippen MR) is 95.9 cm³/mol. The lowest BCUT2D eigenvalue weighted by Gasteiger charge is -2.17. The number of carbonyl (C=O) groups excluding carboxylic acids is 1. The Morgan fingerprint density at radius 3 is 2.30 bits per heavy atom. The van der Waals surface area contributed by atoms with Crippen LogP contribution in [0.5, 0.6) is 0 Å². The third-order valence-corrected chi connectivity index (χ3v) is 4.15. The highest BCUT2D eigenvalue weighted by molar-refractivity contribution is 6.30. The van der Waals surface area contributed by atoms with Gasteiger partial charge in [-0.1, -0.05) is 47.5 Å². The molecule has 2 aromatic rings. The Balaban J connectivity index is 1.83. The molecule has 0 aliphatic carbocycles. The number of hydrogen-bond acceptors (Lipinski definition) is 2. The Hall–Kier alpha value is -1.55. The van der Waals surface area contributed by atoms with Crippen molar-refractivity contribution in [3.63, 3.8) is 0 Å². The molecule has 0 heterocycles. The molecule has 3 nitrogen and oxygen atoms in total. The quantitative estimate of drug-likeness (QED) is 0.803. The van der Waals surface area contributed by atoms with Crippen LogP contribution in [0.3, 0.4) is 0 Å². The van der Waals surface area contributed by atoms with Crippen LogP contribution in [0.25, 0.3) is 0 Å². The zero-order chi connectivity index (χ0) is 16.8. The fourth-order valence-corrected chi connectivity index (χ4v) is 2.59. The Kier molecular flexibility index (Phi) is 6.46. The summed E-state index contributed by atoms with van der Waals surface area (Å²) in [4.78, 5) is 12.1. The first-order valence-electron chi connectivity index (χ1n) is 7.49. The predicted octanol–water partition coefficient (Wildman–Crippen LogP) is 4.52. The first kappa shape index (κ1) is 17.8. The molecular formula is C18H20Cl2N2O. The van der Waals surface area contributed by atoms with Gasteiger partial charge in [0.15, 0.2) is 0 Å². The first-order valence-corrected chi connectivity index (χ1v) is 8.25. The second-order valence-electron chi connectivity index (χ2n) is 5.50. The number of benzene rings is 2. The van der Waals surface area contributed by atoms with Crippen LogP contribution < -0.4 is 10.6 Å². The zero-order valence-corrected chi connectivity index (χ0v) is 14.7. The molecule has 1 amide bonds. The van der Waals surface area contributed by atoms with Gasteiger partial charge >= 0.3 is 0 Å². The van der Waals surface area contributed by atoms with Crippen LogP contribution in [0.1, 0.15) is 37.1 Å². The van der Waals surface area contributed by atoms with Gasteiger partial charge in [0.25, 0.3) is 0 Å². The third-order valence-electron chi connectivity index (χ3n) is 3.66. The van der Waals surface area contributed by atoms with E-state index >= 15 is 0 Å². The van der Waals surface area contributed by atoms with Gasteiger partial charge in [0.2, 0.25) is 5.91 Å². The molecule has 122 valence electrons.